The molecule has 106 valence electrons. The number of benzene rings is 1. The lowest BCUT2D eigenvalue weighted by Crippen LogP contribution is -2.38. The lowest BCUT2D eigenvalue weighted by atomic mass is 9.95. The molecule has 1 aliphatic carbocycles. The van der Waals surface area contributed by atoms with Crippen molar-refractivity contribution in [1.29, 1.82) is 0 Å². The number of hydrogen-bond acceptors (Lipinski definition) is 3. The first-order chi connectivity index (χ1) is 9.24. The first kappa shape index (κ1) is 14.8. The zero-order valence-corrected chi connectivity index (χ0v) is 12.7. The van der Waals surface area contributed by atoms with Gasteiger partial charge in [-0.2, -0.15) is 0 Å². The number of ether oxygens (including phenoxy) is 1. The highest BCUT2D eigenvalue weighted by Crippen LogP contribution is 2.18. The SMILES string of the molecule is OC(CNC1CCCCC1)COc1ccc(Br)cc1. The molecule has 1 aliphatic rings. The summed E-state index contributed by atoms with van der Waals surface area (Å²) < 4.78 is 6.58. The molecule has 0 radical (unpaired) electrons. The van der Waals surface area contributed by atoms with E-state index in [2.05, 4.69) is 21.2 Å². The van der Waals surface area contributed by atoms with Crippen molar-refractivity contribution in [3.05, 3.63) is 28.7 Å². The fraction of sp³-hybridized carbons (Fsp3) is 0.600. The van der Waals surface area contributed by atoms with E-state index in [0.29, 0.717) is 19.2 Å². The number of nitrogens with one attached hydrogen (secondary N) is 1. The maximum Gasteiger partial charge on any atom is 0.119 e. The molecule has 1 atom stereocenters. The fourth-order valence-corrected chi connectivity index (χ4v) is 2.66. The van der Waals surface area contributed by atoms with Crippen molar-refractivity contribution in [3.63, 3.8) is 0 Å². The second-order valence-corrected chi connectivity index (χ2v) is 6.08. The molecule has 4 heteroatoms. The second kappa shape index (κ2) is 7.88. The van der Waals surface area contributed by atoms with E-state index in [1.807, 2.05) is 24.3 Å². The Bertz CT molecular complexity index is 363. The van der Waals surface area contributed by atoms with Crippen LogP contribution in [-0.2, 0) is 0 Å². The lowest BCUT2D eigenvalue weighted by Gasteiger charge is -2.24. The Morgan fingerprint density at radius 3 is 2.58 bits per heavy atom. The Balaban J connectivity index is 1.63. The van der Waals surface area contributed by atoms with E-state index in [0.717, 1.165) is 10.2 Å². The molecule has 0 bridgehead atoms. The summed E-state index contributed by atoms with van der Waals surface area (Å²) in [5.41, 5.74) is 0. The third-order valence-corrected chi connectivity index (χ3v) is 4.03. The summed E-state index contributed by atoms with van der Waals surface area (Å²) >= 11 is 3.38. The maximum absolute atomic E-state index is 9.90. The quantitative estimate of drug-likeness (QED) is 0.843. The summed E-state index contributed by atoms with van der Waals surface area (Å²) in [6.45, 7) is 0.947. The molecule has 2 rings (SSSR count). The van der Waals surface area contributed by atoms with Gasteiger partial charge in [-0.05, 0) is 37.1 Å². The van der Waals surface area contributed by atoms with Gasteiger partial charge in [0, 0.05) is 17.1 Å². The van der Waals surface area contributed by atoms with Crippen LogP contribution in [0.4, 0.5) is 0 Å². The second-order valence-electron chi connectivity index (χ2n) is 5.16. The van der Waals surface area contributed by atoms with Gasteiger partial charge in [-0.25, -0.2) is 0 Å². The molecule has 1 fully saturated rings. The molecule has 0 aromatic heterocycles. The van der Waals surface area contributed by atoms with Gasteiger partial charge in [0.15, 0.2) is 0 Å². The number of rotatable bonds is 6. The highest BCUT2D eigenvalue weighted by atomic mass is 79.9. The van der Waals surface area contributed by atoms with Crippen LogP contribution >= 0.6 is 15.9 Å². The highest BCUT2D eigenvalue weighted by Gasteiger charge is 2.14. The maximum atomic E-state index is 9.90. The van der Waals surface area contributed by atoms with Crippen molar-refractivity contribution >= 4 is 15.9 Å². The van der Waals surface area contributed by atoms with Crippen LogP contribution in [0.1, 0.15) is 32.1 Å². The van der Waals surface area contributed by atoms with Crippen molar-refractivity contribution in [1.82, 2.24) is 5.32 Å². The first-order valence-electron chi connectivity index (χ1n) is 7.04. The Kier molecular flexibility index (Phi) is 6.14. The van der Waals surface area contributed by atoms with Crippen LogP contribution in [0.2, 0.25) is 0 Å². The van der Waals surface area contributed by atoms with Crippen LogP contribution in [0.25, 0.3) is 0 Å². The standard InChI is InChI=1S/C15H22BrNO2/c16-12-6-8-15(9-7-12)19-11-14(18)10-17-13-4-2-1-3-5-13/h6-9,13-14,17-18H,1-5,10-11H2. The Morgan fingerprint density at radius 2 is 1.89 bits per heavy atom. The van der Waals surface area contributed by atoms with Gasteiger partial charge >= 0.3 is 0 Å². The smallest absolute Gasteiger partial charge is 0.119 e. The predicted octanol–water partition coefficient (Wildman–Crippen LogP) is 3.11. The van der Waals surface area contributed by atoms with Crippen LogP contribution in [-0.4, -0.2) is 30.4 Å². The molecule has 2 N–H and O–H groups in total. The van der Waals surface area contributed by atoms with E-state index in [1.54, 1.807) is 0 Å². The summed E-state index contributed by atoms with van der Waals surface area (Å²) in [6.07, 6.45) is 5.99. The predicted molar refractivity (Wildman–Crippen MR) is 80.5 cm³/mol. The summed E-state index contributed by atoms with van der Waals surface area (Å²) in [6, 6.07) is 8.23. The van der Waals surface area contributed by atoms with Crippen LogP contribution in [0, 0.1) is 0 Å². The molecular weight excluding hydrogens is 306 g/mol. The van der Waals surface area contributed by atoms with Crippen LogP contribution < -0.4 is 10.1 Å². The molecule has 0 spiro atoms. The summed E-state index contributed by atoms with van der Waals surface area (Å²) in [4.78, 5) is 0. The molecule has 1 aromatic rings. The normalized spacial score (nSPS) is 18.2. The van der Waals surface area contributed by atoms with Crippen LogP contribution in [0.15, 0.2) is 28.7 Å². The Hall–Kier alpha value is -0.580. The number of halogens is 1. The molecule has 1 saturated carbocycles. The minimum Gasteiger partial charge on any atom is -0.491 e. The van der Waals surface area contributed by atoms with Crippen molar-refractivity contribution in [2.24, 2.45) is 0 Å². The Morgan fingerprint density at radius 1 is 1.21 bits per heavy atom. The topological polar surface area (TPSA) is 41.5 Å². The van der Waals surface area contributed by atoms with Gasteiger partial charge in [-0.3, -0.25) is 0 Å². The van der Waals surface area contributed by atoms with Gasteiger partial charge in [0.1, 0.15) is 18.5 Å². The van der Waals surface area contributed by atoms with E-state index in [-0.39, 0.29) is 0 Å². The highest BCUT2D eigenvalue weighted by molar-refractivity contribution is 9.10. The molecule has 3 nitrogen and oxygen atoms in total. The Labute approximate surface area is 123 Å². The van der Waals surface area contributed by atoms with Gasteiger partial charge in [0.05, 0.1) is 0 Å². The minimum absolute atomic E-state index is 0.335. The average Bonchev–Trinajstić information content (AvgIpc) is 2.45. The molecule has 0 amide bonds. The largest absolute Gasteiger partial charge is 0.491 e. The minimum atomic E-state index is -0.453. The molecule has 0 aliphatic heterocycles. The van der Waals surface area contributed by atoms with Gasteiger partial charge in [0.2, 0.25) is 0 Å². The monoisotopic (exact) mass is 327 g/mol. The van der Waals surface area contributed by atoms with Gasteiger partial charge < -0.3 is 15.2 Å². The van der Waals surface area contributed by atoms with Gasteiger partial charge in [0.25, 0.3) is 0 Å². The fourth-order valence-electron chi connectivity index (χ4n) is 2.39. The van der Waals surface area contributed by atoms with Crippen molar-refractivity contribution in [3.8, 4) is 5.75 Å². The summed E-state index contributed by atoms with van der Waals surface area (Å²) in [5, 5.41) is 13.3. The van der Waals surface area contributed by atoms with Crippen molar-refractivity contribution < 1.29 is 9.84 Å². The van der Waals surface area contributed by atoms with Crippen molar-refractivity contribution in [2.75, 3.05) is 13.2 Å². The van der Waals surface area contributed by atoms with Gasteiger partial charge in [-0.1, -0.05) is 35.2 Å². The molecule has 1 unspecified atom stereocenters. The van der Waals surface area contributed by atoms with E-state index < -0.39 is 6.10 Å². The molecular formula is C15H22BrNO2. The van der Waals surface area contributed by atoms with Crippen LogP contribution in [0.3, 0.4) is 0 Å². The van der Waals surface area contributed by atoms with Crippen molar-refractivity contribution in [2.45, 2.75) is 44.2 Å². The lowest BCUT2D eigenvalue weighted by molar-refractivity contribution is 0.102. The number of aliphatic hydroxyl groups excluding tert-OH is 1. The third kappa shape index (κ3) is 5.51. The van der Waals surface area contributed by atoms with E-state index in [1.165, 1.54) is 32.1 Å². The molecule has 19 heavy (non-hydrogen) atoms. The van der Waals surface area contributed by atoms with E-state index in [4.69, 9.17) is 4.74 Å². The zero-order valence-electron chi connectivity index (χ0n) is 11.1. The average molecular weight is 328 g/mol. The van der Waals surface area contributed by atoms with Gasteiger partial charge in [-0.15, -0.1) is 0 Å². The molecule has 0 saturated heterocycles. The first-order valence-corrected chi connectivity index (χ1v) is 7.83. The van der Waals surface area contributed by atoms with Crippen LogP contribution in [0.5, 0.6) is 5.75 Å². The third-order valence-electron chi connectivity index (χ3n) is 3.50. The number of hydrogen-bond donors (Lipinski definition) is 2. The van der Waals surface area contributed by atoms with E-state index in [9.17, 15) is 5.11 Å². The molecule has 1 aromatic carbocycles. The molecule has 0 heterocycles. The summed E-state index contributed by atoms with van der Waals surface area (Å²) in [5.74, 6) is 0.792. The van der Waals surface area contributed by atoms with E-state index >= 15 is 0 Å². The summed E-state index contributed by atoms with van der Waals surface area (Å²) in [7, 11) is 0. The number of aliphatic hydroxyl groups is 1. The zero-order chi connectivity index (χ0) is 13.5.